The number of hydrogen-bond donors (Lipinski definition) is 2. The highest BCUT2D eigenvalue weighted by Gasteiger charge is 2.34. The summed E-state index contributed by atoms with van der Waals surface area (Å²) in [5, 5.41) is 17.2. The number of rotatable bonds is 5. The predicted molar refractivity (Wildman–Crippen MR) is 42.9 cm³/mol. The highest BCUT2D eigenvalue weighted by atomic mass is 16.4. The van der Waals surface area contributed by atoms with Gasteiger partial charge in [0, 0.05) is 0 Å². The molecule has 0 amide bonds. The van der Waals surface area contributed by atoms with Crippen LogP contribution in [-0.2, 0) is 9.59 Å². The largest absolute Gasteiger partial charge is 0.481 e. The molecule has 0 spiro atoms. The SMILES string of the molecule is CCCC(C)(CC(=O)O)C(=O)O. The Bertz CT molecular complexity index is 187. The van der Waals surface area contributed by atoms with Crippen LogP contribution in [-0.4, -0.2) is 22.2 Å². The summed E-state index contributed by atoms with van der Waals surface area (Å²) in [6, 6.07) is 0. The Morgan fingerprint density at radius 1 is 1.33 bits per heavy atom. The molecule has 0 rings (SSSR count). The monoisotopic (exact) mass is 174 g/mol. The molecule has 0 heterocycles. The Labute approximate surface area is 71.2 Å². The topological polar surface area (TPSA) is 74.6 Å². The first-order chi connectivity index (χ1) is 5.42. The van der Waals surface area contributed by atoms with Gasteiger partial charge in [0.15, 0.2) is 0 Å². The summed E-state index contributed by atoms with van der Waals surface area (Å²) in [6.07, 6.45) is 0.765. The van der Waals surface area contributed by atoms with Crippen LogP contribution in [0.3, 0.4) is 0 Å². The Kier molecular flexibility index (Phi) is 3.73. The zero-order valence-corrected chi connectivity index (χ0v) is 7.33. The molecule has 0 aromatic carbocycles. The van der Waals surface area contributed by atoms with Crippen LogP contribution in [0.25, 0.3) is 0 Å². The minimum atomic E-state index is -1.11. The minimum Gasteiger partial charge on any atom is -0.481 e. The molecule has 0 aliphatic rings. The van der Waals surface area contributed by atoms with Crippen molar-refractivity contribution >= 4 is 11.9 Å². The maximum atomic E-state index is 10.7. The first-order valence-corrected chi connectivity index (χ1v) is 3.87. The van der Waals surface area contributed by atoms with E-state index in [0.717, 1.165) is 0 Å². The van der Waals surface area contributed by atoms with Gasteiger partial charge in [0.05, 0.1) is 11.8 Å². The van der Waals surface area contributed by atoms with E-state index in [2.05, 4.69) is 0 Å². The van der Waals surface area contributed by atoms with Crippen LogP contribution in [0.5, 0.6) is 0 Å². The maximum absolute atomic E-state index is 10.7. The van der Waals surface area contributed by atoms with Crippen LogP contribution < -0.4 is 0 Å². The molecule has 0 aliphatic carbocycles. The van der Waals surface area contributed by atoms with Crippen LogP contribution in [0.2, 0.25) is 0 Å². The summed E-state index contributed by atoms with van der Waals surface area (Å²) < 4.78 is 0. The van der Waals surface area contributed by atoms with Crippen molar-refractivity contribution in [2.24, 2.45) is 5.41 Å². The number of carboxylic acid groups (broad SMARTS) is 2. The molecule has 0 radical (unpaired) electrons. The lowest BCUT2D eigenvalue weighted by atomic mass is 9.82. The molecule has 0 aromatic heterocycles. The number of carbonyl (C=O) groups is 2. The molecule has 1 unspecified atom stereocenters. The Morgan fingerprint density at radius 3 is 2.08 bits per heavy atom. The zero-order valence-electron chi connectivity index (χ0n) is 7.33. The fraction of sp³-hybridized carbons (Fsp3) is 0.750. The van der Waals surface area contributed by atoms with Crippen molar-refractivity contribution in [1.82, 2.24) is 0 Å². The normalized spacial score (nSPS) is 15.2. The van der Waals surface area contributed by atoms with E-state index in [1.807, 2.05) is 6.92 Å². The zero-order chi connectivity index (χ0) is 9.78. The molecule has 4 nitrogen and oxygen atoms in total. The average Bonchev–Trinajstić information content (AvgIpc) is 1.85. The van der Waals surface area contributed by atoms with Crippen molar-refractivity contribution in [1.29, 1.82) is 0 Å². The van der Waals surface area contributed by atoms with Gasteiger partial charge in [-0.15, -0.1) is 0 Å². The summed E-state index contributed by atoms with van der Waals surface area (Å²) in [5.74, 6) is -2.10. The van der Waals surface area contributed by atoms with E-state index in [-0.39, 0.29) is 6.42 Å². The van der Waals surface area contributed by atoms with E-state index >= 15 is 0 Å². The molecule has 0 bridgehead atoms. The molecule has 12 heavy (non-hydrogen) atoms. The second kappa shape index (κ2) is 4.09. The maximum Gasteiger partial charge on any atom is 0.309 e. The van der Waals surface area contributed by atoms with E-state index in [9.17, 15) is 9.59 Å². The molecular weight excluding hydrogens is 160 g/mol. The van der Waals surface area contributed by atoms with Crippen molar-refractivity contribution < 1.29 is 19.8 Å². The number of aliphatic carboxylic acids is 2. The van der Waals surface area contributed by atoms with Crippen LogP contribution in [0.15, 0.2) is 0 Å². The molecule has 70 valence electrons. The third-order valence-corrected chi connectivity index (χ3v) is 1.86. The summed E-state index contributed by atoms with van der Waals surface area (Å²) in [7, 11) is 0. The fourth-order valence-electron chi connectivity index (χ4n) is 1.16. The lowest BCUT2D eigenvalue weighted by Crippen LogP contribution is -2.30. The molecule has 0 aromatic rings. The van der Waals surface area contributed by atoms with E-state index in [1.165, 1.54) is 6.92 Å². The van der Waals surface area contributed by atoms with Crippen molar-refractivity contribution in [2.75, 3.05) is 0 Å². The van der Waals surface area contributed by atoms with Gasteiger partial charge >= 0.3 is 11.9 Å². The lowest BCUT2D eigenvalue weighted by Gasteiger charge is -2.21. The summed E-state index contributed by atoms with van der Waals surface area (Å²) in [5.41, 5.74) is -1.11. The molecule has 4 heteroatoms. The number of hydrogen-bond acceptors (Lipinski definition) is 2. The Hall–Kier alpha value is -1.06. The molecular formula is C8H14O4. The van der Waals surface area contributed by atoms with E-state index in [0.29, 0.717) is 12.8 Å². The number of carboxylic acids is 2. The Morgan fingerprint density at radius 2 is 1.83 bits per heavy atom. The van der Waals surface area contributed by atoms with Crippen LogP contribution >= 0.6 is 0 Å². The third-order valence-electron chi connectivity index (χ3n) is 1.86. The summed E-state index contributed by atoms with van der Waals surface area (Å²) in [6.45, 7) is 3.30. The van der Waals surface area contributed by atoms with Gasteiger partial charge in [0.2, 0.25) is 0 Å². The lowest BCUT2D eigenvalue weighted by molar-refractivity contribution is -0.155. The van der Waals surface area contributed by atoms with Gasteiger partial charge in [-0.05, 0) is 13.3 Å². The van der Waals surface area contributed by atoms with Gasteiger partial charge in [-0.1, -0.05) is 13.3 Å². The molecule has 0 saturated heterocycles. The molecule has 0 fully saturated rings. The predicted octanol–water partition coefficient (Wildman–Crippen LogP) is 1.35. The van der Waals surface area contributed by atoms with Crippen molar-refractivity contribution in [2.45, 2.75) is 33.1 Å². The van der Waals surface area contributed by atoms with Crippen LogP contribution in [0.4, 0.5) is 0 Å². The molecule has 2 N–H and O–H groups in total. The van der Waals surface area contributed by atoms with Gasteiger partial charge < -0.3 is 10.2 Å². The minimum absolute atomic E-state index is 0.309. The molecule has 0 saturated carbocycles. The highest BCUT2D eigenvalue weighted by Crippen LogP contribution is 2.27. The van der Waals surface area contributed by atoms with Crippen molar-refractivity contribution in [3.63, 3.8) is 0 Å². The average molecular weight is 174 g/mol. The summed E-state index contributed by atoms with van der Waals surface area (Å²) in [4.78, 5) is 21.0. The first kappa shape index (κ1) is 10.9. The standard InChI is InChI=1S/C8H14O4/c1-3-4-8(2,7(11)12)5-6(9)10/h3-5H2,1-2H3,(H,9,10)(H,11,12). The van der Waals surface area contributed by atoms with Crippen LogP contribution in [0, 0.1) is 5.41 Å². The van der Waals surface area contributed by atoms with Gasteiger partial charge in [-0.2, -0.15) is 0 Å². The second-order valence-electron chi connectivity index (χ2n) is 3.19. The Balaban J connectivity index is 4.38. The second-order valence-corrected chi connectivity index (χ2v) is 3.19. The van der Waals surface area contributed by atoms with Gasteiger partial charge in [0.1, 0.15) is 0 Å². The highest BCUT2D eigenvalue weighted by molar-refractivity contribution is 5.80. The van der Waals surface area contributed by atoms with Gasteiger partial charge in [0.25, 0.3) is 0 Å². The van der Waals surface area contributed by atoms with Crippen LogP contribution in [0.1, 0.15) is 33.1 Å². The quantitative estimate of drug-likeness (QED) is 0.659. The molecule has 0 aliphatic heterocycles. The van der Waals surface area contributed by atoms with Gasteiger partial charge in [-0.3, -0.25) is 9.59 Å². The van der Waals surface area contributed by atoms with E-state index < -0.39 is 17.4 Å². The molecule has 1 atom stereocenters. The van der Waals surface area contributed by atoms with Crippen molar-refractivity contribution in [3.8, 4) is 0 Å². The fourth-order valence-corrected chi connectivity index (χ4v) is 1.16. The smallest absolute Gasteiger partial charge is 0.309 e. The first-order valence-electron chi connectivity index (χ1n) is 3.87. The van der Waals surface area contributed by atoms with E-state index in [1.54, 1.807) is 0 Å². The van der Waals surface area contributed by atoms with Crippen molar-refractivity contribution in [3.05, 3.63) is 0 Å². The third kappa shape index (κ3) is 2.90. The summed E-state index contributed by atoms with van der Waals surface area (Å²) >= 11 is 0. The van der Waals surface area contributed by atoms with Gasteiger partial charge in [-0.25, -0.2) is 0 Å². The van der Waals surface area contributed by atoms with E-state index in [4.69, 9.17) is 10.2 Å².